The van der Waals surface area contributed by atoms with Gasteiger partial charge in [-0.15, -0.1) is 0 Å². The lowest BCUT2D eigenvalue weighted by Crippen LogP contribution is -2.30. The second-order valence-corrected chi connectivity index (χ2v) is 6.38. The van der Waals surface area contributed by atoms with Crippen LogP contribution < -0.4 is 9.47 Å². The third-order valence-corrected chi connectivity index (χ3v) is 4.88. The first kappa shape index (κ1) is 13.2. The van der Waals surface area contributed by atoms with Crippen molar-refractivity contribution in [3.63, 3.8) is 0 Å². The molecule has 3 nitrogen and oxygen atoms in total. The van der Waals surface area contributed by atoms with Crippen molar-refractivity contribution in [1.29, 1.82) is 0 Å². The maximum atomic E-state index is 5.48. The molecule has 0 saturated heterocycles. The van der Waals surface area contributed by atoms with E-state index in [9.17, 15) is 0 Å². The number of ether oxygens (including phenoxy) is 2. The van der Waals surface area contributed by atoms with Gasteiger partial charge < -0.3 is 9.47 Å². The molecule has 0 amide bonds. The summed E-state index contributed by atoms with van der Waals surface area (Å²) in [5, 5.41) is 0. The maximum absolute atomic E-state index is 5.48. The van der Waals surface area contributed by atoms with E-state index in [-0.39, 0.29) is 0 Å². The van der Waals surface area contributed by atoms with Crippen molar-refractivity contribution >= 4 is 15.9 Å². The molecular weight excluding hydrogens is 330 g/mol. The minimum Gasteiger partial charge on any atom is -0.454 e. The van der Waals surface area contributed by atoms with Gasteiger partial charge in [-0.25, -0.2) is 0 Å². The summed E-state index contributed by atoms with van der Waals surface area (Å²) >= 11 is 3.65. The topological polar surface area (TPSA) is 21.7 Å². The van der Waals surface area contributed by atoms with Crippen molar-refractivity contribution in [2.24, 2.45) is 0 Å². The summed E-state index contributed by atoms with van der Waals surface area (Å²) in [4.78, 5) is 2.48. The van der Waals surface area contributed by atoms with E-state index in [0.29, 0.717) is 6.79 Å². The zero-order valence-corrected chi connectivity index (χ0v) is 13.2. The first-order chi connectivity index (χ1) is 10.3. The lowest BCUT2D eigenvalue weighted by atomic mass is 9.99. The van der Waals surface area contributed by atoms with Gasteiger partial charge in [-0.3, -0.25) is 4.90 Å². The highest BCUT2D eigenvalue weighted by Crippen LogP contribution is 2.37. The fourth-order valence-electron chi connectivity index (χ4n) is 3.01. The third-order valence-electron chi connectivity index (χ3n) is 4.15. The summed E-state index contributed by atoms with van der Waals surface area (Å²) in [5.41, 5.74) is 4.18. The van der Waals surface area contributed by atoms with Gasteiger partial charge in [-0.1, -0.05) is 40.2 Å². The Morgan fingerprint density at radius 3 is 2.67 bits per heavy atom. The van der Waals surface area contributed by atoms with Crippen LogP contribution in [0.5, 0.6) is 11.5 Å². The molecule has 2 aliphatic rings. The van der Waals surface area contributed by atoms with Gasteiger partial charge in [0.2, 0.25) is 6.79 Å². The highest BCUT2D eigenvalue weighted by Gasteiger charge is 2.20. The minimum absolute atomic E-state index is 0.322. The van der Waals surface area contributed by atoms with Gasteiger partial charge in [-0.2, -0.15) is 0 Å². The second kappa shape index (κ2) is 5.35. The smallest absolute Gasteiger partial charge is 0.231 e. The molecule has 0 fully saturated rings. The zero-order chi connectivity index (χ0) is 14.2. The summed E-state index contributed by atoms with van der Waals surface area (Å²) in [7, 11) is 0. The average Bonchev–Trinajstić information content (AvgIpc) is 2.94. The Labute approximate surface area is 132 Å². The Morgan fingerprint density at radius 2 is 1.81 bits per heavy atom. The molecule has 108 valence electrons. The van der Waals surface area contributed by atoms with E-state index in [0.717, 1.165) is 42.0 Å². The monoisotopic (exact) mass is 345 g/mol. The lowest BCUT2D eigenvalue weighted by molar-refractivity contribution is 0.174. The molecule has 0 radical (unpaired) electrons. The van der Waals surface area contributed by atoms with Gasteiger partial charge in [0.1, 0.15) is 0 Å². The van der Waals surface area contributed by atoms with Crippen LogP contribution in [0.15, 0.2) is 40.9 Å². The van der Waals surface area contributed by atoms with Crippen molar-refractivity contribution in [3.8, 4) is 11.5 Å². The first-order valence-electron chi connectivity index (χ1n) is 7.17. The van der Waals surface area contributed by atoms with Crippen LogP contribution in [0.25, 0.3) is 0 Å². The van der Waals surface area contributed by atoms with Crippen LogP contribution in [0.1, 0.15) is 16.7 Å². The standard InChI is InChI=1S/C17H16BrNO2/c18-15-8-17-16(20-11-21-17)7-14(15)10-19-6-5-12-3-1-2-4-13(12)9-19/h1-4,7-8H,5-6,9-11H2. The van der Waals surface area contributed by atoms with Crippen molar-refractivity contribution in [2.45, 2.75) is 19.5 Å². The van der Waals surface area contributed by atoms with E-state index >= 15 is 0 Å². The number of benzene rings is 2. The number of hydrogen-bond acceptors (Lipinski definition) is 3. The minimum atomic E-state index is 0.322. The van der Waals surface area contributed by atoms with Gasteiger partial charge >= 0.3 is 0 Å². The van der Waals surface area contributed by atoms with Gasteiger partial charge in [-0.05, 0) is 35.2 Å². The predicted octanol–water partition coefficient (Wildman–Crippen LogP) is 3.74. The Balaban J connectivity index is 1.55. The van der Waals surface area contributed by atoms with Crippen LogP contribution in [-0.2, 0) is 19.5 Å². The SMILES string of the molecule is Brc1cc2c(cc1CN1CCc3ccccc3C1)OCO2. The van der Waals surface area contributed by atoms with E-state index < -0.39 is 0 Å². The molecular formula is C17H16BrNO2. The molecule has 4 heteroatoms. The van der Waals surface area contributed by atoms with Crippen LogP contribution in [-0.4, -0.2) is 18.2 Å². The van der Waals surface area contributed by atoms with Gasteiger partial charge in [0.25, 0.3) is 0 Å². The molecule has 21 heavy (non-hydrogen) atoms. The van der Waals surface area contributed by atoms with E-state index in [1.165, 1.54) is 16.7 Å². The van der Waals surface area contributed by atoms with Crippen LogP contribution >= 0.6 is 15.9 Å². The van der Waals surface area contributed by atoms with Gasteiger partial charge in [0.15, 0.2) is 11.5 Å². The molecule has 0 saturated carbocycles. The Hall–Kier alpha value is -1.52. The summed E-state index contributed by atoms with van der Waals surface area (Å²) in [5.74, 6) is 1.68. The molecule has 0 spiro atoms. The van der Waals surface area contributed by atoms with Crippen molar-refractivity contribution in [3.05, 3.63) is 57.6 Å². The number of hydrogen-bond donors (Lipinski definition) is 0. The summed E-state index contributed by atoms with van der Waals surface area (Å²) < 4.78 is 12.0. The first-order valence-corrected chi connectivity index (χ1v) is 7.96. The van der Waals surface area contributed by atoms with Crippen LogP contribution in [0.3, 0.4) is 0 Å². The van der Waals surface area contributed by atoms with Crippen LogP contribution in [0, 0.1) is 0 Å². The van der Waals surface area contributed by atoms with Crippen LogP contribution in [0.2, 0.25) is 0 Å². The molecule has 2 heterocycles. The van der Waals surface area contributed by atoms with E-state index in [1.807, 2.05) is 6.07 Å². The summed E-state index contributed by atoms with van der Waals surface area (Å²) in [6.07, 6.45) is 1.12. The van der Waals surface area contributed by atoms with E-state index in [4.69, 9.17) is 9.47 Å². The summed E-state index contributed by atoms with van der Waals surface area (Å²) in [6, 6.07) is 12.8. The molecule has 0 aliphatic carbocycles. The van der Waals surface area contributed by atoms with Gasteiger partial charge in [0, 0.05) is 24.1 Å². The largest absolute Gasteiger partial charge is 0.454 e. The Morgan fingerprint density at radius 1 is 1.05 bits per heavy atom. The lowest BCUT2D eigenvalue weighted by Gasteiger charge is -2.29. The maximum Gasteiger partial charge on any atom is 0.231 e. The molecule has 2 aromatic rings. The molecule has 2 aromatic carbocycles. The van der Waals surface area contributed by atoms with Crippen molar-refractivity contribution in [2.75, 3.05) is 13.3 Å². The van der Waals surface area contributed by atoms with E-state index in [1.54, 1.807) is 0 Å². The zero-order valence-electron chi connectivity index (χ0n) is 11.6. The normalized spacial score (nSPS) is 16.8. The molecule has 4 rings (SSSR count). The number of nitrogens with zero attached hydrogens (tertiary/aromatic N) is 1. The highest BCUT2D eigenvalue weighted by molar-refractivity contribution is 9.10. The van der Waals surface area contributed by atoms with Crippen LogP contribution in [0.4, 0.5) is 0 Å². The number of rotatable bonds is 2. The molecule has 0 unspecified atom stereocenters. The highest BCUT2D eigenvalue weighted by atomic mass is 79.9. The van der Waals surface area contributed by atoms with E-state index in [2.05, 4.69) is 51.2 Å². The van der Waals surface area contributed by atoms with Gasteiger partial charge in [0.05, 0.1) is 0 Å². The third kappa shape index (κ3) is 2.54. The Kier molecular flexibility index (Phi) is 3.36. The molecule has 0 aromatic heterocycles. The Bertz CT molecular complexity index is 686. The molecule has 0 N–H and O–H groups in total. The van der Waals surface area contributed by atoms with Crippen molar-refractivity contribution in [1.82, 2.24) is 4.90 Å². The summed E-state index contributed by atoms with van der Waals surface area (Å²) in [6.45, 7) is 3.35. The fraction of sp³-hybridized carbons (Fsp3) is 0.294. The molecule has 0 atom stereocenters. The average molecular weight is 346 g/mol. The number of fused-ring (bicyclic) bond motifs is 2. The molecule has 0 bridgehead atoms. The number of halogens is 1. The second-order valence-electron chi connectivity index (χ2n) is 5.53. The molecule has 2 aliphatic heterocycles. The quantitative estimate of drug-likeness (QED) is 0.827. The van der Waals surface area contributed by atoms with Crippen molar-refractivity contribution < 1.29 is 9.47 Å². The fourth-order valence-corrected chi connectivity index (χ4v) is 3.46. The predicted molar refractivity (Wildman–Crippen MR) is 84.5 cm³/mol.